The molecule has 0 aromatic heterocycles. The molecule has 0 aliphatic carbocycles. The summed E-state index contributed by atoms with van der Waals surface area (Å²) in [5.74, 6) is -0.661. The molecular weight excluding hydrogens is 294 g/mol. The van der Waals surface area contributed by atoms with Gasteiger partial charge in [0, 0.05) is 0 Å². The van der Waals surface area contributed by atoms with Gasteiger partial charge in [-0.1, -0.05) is 41.9 Å². The standard InChI is InChI=1S/C14H10ClF4N/c15-11-7-6-10(16)8-12(11)20-13(14(17,18)19)9-4-2-1-3-5-9/h1-8,13,20H. The molecule has 1 atom stereocenters. The molecule has 0 heterocycles. The predicted molar refractivity (Wildman–Crippen MR) is 70.3 cm³/mol. The molecule has 0 spiro atoms. The first kappa shape index (κ1) is 14.7. The van der Waals surface area contributed by atoms with Crippen molar-refractivity contribution in [2.24, 2.45) is 0 Å². The fraction of sp³-hybridized carbons (Fsp3) is 0.143. The van der Waals surface area contributed by atoms with E-state index < -0.39 is 18.0 Å². The zero-order chi connectivity index (χ0) is 14.8. The Morgan fingerprint density at radius 1 is 1.00 bits per heavy atom. The lowest BCUT2D eigenvalue weighted by Crippen LogP contribution is -2.28. The Morgan fingerprint density at radius 2 is 1.65 bits per heavy atom. The molecule has 0 aliphatic rings. The fourth-order valence-corrected chi connectivity index (χ4v) is 1.94. The van der Waals surface area contributed by atoms with Gasteiger partial charge in [-0.2, -0.15) is 13.2 Å². The minimum atomic E-state index is -4.53. The highest BCUT2D eigenvalue weighted by atomic mass is 35.5. The molecule has 1 N–H and O–H groups in total. The van der Waals surface area contributed by atoms with Crippen LogP contribution in [0.4, 0.5) is 23.2 Å². The van der Waals surface area contributed by atoms with E-state index in [1.54, 1.807) is 6.07 Å². The van der Waals surface area contributed by atoms with Gasteiger partial charge in [0.25, 0.3) is 0 Å². The van der Waals surface area contributed by atoms with E-state index in [0.717, 1.165) is 12.1 Å². The van der Waals surface area contributed by atoms with E-state index in [9.17, 15) is 17.6 Å². The van der Waals surface area contributed by atoms with Crippen LogP contribution in [0, 0.1) is 5.82 Å². The van der Waals surface area contributed by atoms with Crippen LogP contribution in [0.15, 0.2) is 48.5 Å². The van der Waals surface area contributed by atoms with Crippen molar-refractivity contribution in [3.63, 3.8) is 0 Å². The summed E-state index contributed by atoms with van der Waals surface area (Å²) >= 11 is 5.78. The molecule has 0 aliphatic heterocycles. The van der Waals surface area contributed by atoms with E-state index in [2.05, 4.69) is 5.32 Å². The Hall–Kier alpha value is -1.75. The van der Waals surface area contributed by atoms with E-state index in [1.807, 2.05) is 0 Å². The summed E-state index contributed by atoms with van der Waals surface area (Å²) < 4.78 is 52.5. The van der Waals surface area contributed by atoms with Crippen molar-refractivity contribution < 1.29 is 17.6 Å². The fourth-order valence-electron chi connectivity index (χ4n) is 1.76. The molecule has 0 radical (unpaired) electrons. The molecule has 0 amide bonds. The third-order valence-corrected chi connectivity index (χ3v) is 3.02. The molecular formula is C14H10ClF4N. The summed E-state index contributed by atoms with van der Waals surface area (Å²) in [6, 6.07) is 8.58. The van der Waals surface area contributed by atoms with Crippen molar-refractivity contribution in [1.29, 1.82) is 0 Å². The van der Waals surface area contributed by atoms with Crippen molar-refractivity contribution in [3.05, 3.63) is 64.9 Å². The molecule has 106 valence electrons. The van der Waals surface area contributed by atoms with Gasteiger partial charge in [-0.05, 0) is 23.8 Å². The zero-order valence-corrected chi connectivity index (χ0v) is 10.8. The average molecular weight is 304 g/mol. The summed E-state index contributed by atoms with van der Waals surface area (Å²) in [4.78, 5) is 0. The molecule has 0 fully saturated rings. The van der Waals surface area contributed by atoms with Crippen LogP contribution in [-0.2, 0) is 0 Å². The second-order valence-corrected chi connectivity index (χ2v) is 4.56. The van der Waals surface area contributed by atoms with E-state index in [4.69, 9.17) is 11.6 Å². The predicted octanol–water partition coefficient (Wildman–Crippen LogP) is 5.19. The number of halogens is 5. The molecule has 6 heteroatoms. The summed E-state index contributed by atoms with van der Waals surface area (Å²) in [5, 5.41) is 2.27. The van der Waals surface area contributed by atoms with Gasteiger partial charge in [-0.25, -0.2) is 4.39 Å². The summed E-state index contributed by atoms with van der Waals surface area (Å²) in [6.07, 6.45) is -4.53. The van der Waals surface area contributed by atoms with Crippen LogP contribution < -0.4 is 5.32 Å². The molecule has 2 aromatic rings. The first-order valence-electron chi connectivity index (χ1n) is 5.71. The first-order valence-corrected chi connectivity index (χ1v) is 6.09. The second-order valence-electron chi connectivity index (χ2n) is 4.15. The van der Waals surface area contributed by atoms with Gasteiger partial charge in [-0.3, -0.25) is 0 Å². The van der Waals surface area contributed by atoms with Crippen LogP contribution in [-0.4, -0.2) is 6.18 Å². The maximum Gasteiger partial charge on any atom is 0.412 e. The van der Waals surface area contributed by atoms with Gasteiger partial charge < -0.3 is 5.32 Å². The second kappa shape index (κ2) is 5.71. The van der Waals surface area contributed by atoms with Crippen molar-refractivity contribution >= 4 is 17.3 Å². The topological polar surface area (TPSA) is 12.0 Å². The number of nitrogens with one attached hydrogen (secondary N) is 1. The highest BCUT2D eigenvalue weighted by molar-refractivity contribution is 6.33. The van der Waals surface area contributed by atoms with Crippen LogP contribution >= 0.6 is 11.6 Å². The van der Waals surface area contributed by atoms with E-state index in [-0.39, 0.29) is 16.3 Å². The zero-order valence-electron chi connectivity index (χ0n) is 10.1. The molecule has 1 nitrogen and oxygen atoms in total. The maximum atomic E-state index is 13.1. The highest BCUT2D eigenvalue weighted by Crippen LogP contribution is 2.37. The monoisotopic (exact) mass is 303 g/mol. The summed E-state index contributed by atoms with van der Waals surface area (Å²) in [7, 11) is 0. The van der Waals surface area contributed by atoms with Crippen LogP contribution in [0.1, 0.15) is 11.6 Å². The minimum Gasteiger partial charge on any atom is -0.369 e. The van der Waals surface area contributed by atoms with E-state index in [1.165, 1.54) is 30.3 Å². The van der Waals surface area contributed by atoms with Gasteiger partial charge in [-0.15, -0.1) is 0 Å². The normalized spacial score (nSPS) is 13.1. The number of rotatable bonds is 3. The Morgan fingerprint density at radius 3 is 2.25 bits per heavy atom. The van der Waals surface area contributed by atoms with Gasteiger partial charge in [0.2, 0.25) is 0 Å². The summed E-state index contributed by atoms with van der Waals surface area (Å²) in [6.45, 7) is 0. The Kier molecular flexibility index (Phi) is 4.18. The van der Waals surface area contributed by atoms with Gasteiger partial charge in [0.15, 0.2) is 0 Å². The SMILES string of the molecule is Fc1ccc(Cl)c(NC(c2ccccc2)C(F)(F)F)c1. The van der Waals surface area contributed by atoms with Crippen LogP contribution in [0.5, 0.6) is 0 Å². The Bertz CT molecular complexity index is 583. The molecule has 20 heavy (non-hydrogen) atoms. The molecule has 0 saturated heterocycles. The third-order valence-electron chi connectivity index (χ3n) is 2.69. The summed E-state index contributed by atoms with van der Waals surface area (Å²) in [5.41, 5.74) is -0.0711. The van der Waals surface area contributed by atoms with Crippen LogP contribution in [0.3, 0.4) is 0 Å². The minimum absolute atomic E-state index is 0.0246. The van der Waals surface area contributed by atoms with Crippen LogP contribution in [0.2, 0.25) is 5.02 Å². The van der Waals surface area contributed by atoms with E-state index >= 15 is 0 Å². The average Bonchev–Trinajstić information content (AvgIpc) is 2.39. The lowest BCUT2D eigenvalue weighted by molar-refractivity contribution is -0.144. The van der Waals surface area contributed by atoms with Crippen molar-refractivity contribution in [1.82, 2.24) is 0 Å². The molecule has 0 saturated carbocycles. The lowest BCUT2D eigenvalue weighted by atomic mass is 10.1. The van der Waals surface area contributed by atoms with Crippen molar-refractivity contribution in [2.75, 3.05) is 5.32 Å². The Balaban J connectivity index is 2.37. The quantitative estimate of drug-likeness (QED) is 0.769. The van der Waals surface area contributed by atoms with Crippen molar-refractivity contribution in [3.8, 4) is 0 Å². The molecule has 2 aromatic carbocycles. The smallest absolute Gasteiger partial charge is 0.369 e. The van der Waals surface area contributed by atoms with Crippen LogP contribution in [0.25, 0.3) is 0 Å². The Labute approximate surface area is 118 Å². The largest absolute Gasteiger partial charge is 0.412 e. The number of anilines is 1. The maximum absolute atomic E-state index is 13.1. The number of benzene rings is 2. The van der Waals surface area contributed by atoms with Gasteiger partial charge in [0.1, 0.15) is 11.9 Å². The third kappa shape index (κ3) is 3.42. The van der Waals surface area contributed by atoms with Gasteiger partial charge in [0.05, 0.1) is 10.7 Å². The number of hydrogen-bond acceptors (Lipinski definition) is 1. The molecule has 0 bridgehead atoms. The van der Waals surface area contributed by atoms with Crippen molar-refractivity contribution in [2.45, 2.75) is 12.2 Å². The lowest BCUT2D eigenvalue weighted by Gasteiger charge is -2.23. The number of alkyl halides is 3. The molecule has 1 unspecified atom stereocenters. The van der Waals surface area contributed by atoms with Gasteiger partial charge >= 0.3 is 6.18 Å². The number of hydrogen-bond donors (Lipinski definition) is 1. The van der Waals surface area contributed by atoms with E-state index in [0.29, 0.717) is 0 Å². The first-order chi connectivity index (χ1) is 9.38. The molecule has 2 rings (SSSR count). The highest BCUT2D eigenvalue weighted by Gasteiger charge is 2.41.